The maximum atomic E-state index is 2.29. The summed E-state index contributed by atoms with van der Waals surface area (Å²) >= 11 is 1.72. The van der Waals surface area contributed by atoms with Crippen LogP contribution in [0.15, 0.2) is 120 Å². The van der Waals surface area contributed by atoms with Crippen LogP contribution in [0.2, 0.25) is 0 Å². The van der Waals surface area contributed by atoms with Gasteiger partial charge in [-0.15, -0.1) is 0 Å². The third-order valence-corrected chi connectivity index (χ3v) is 6.62. The van der Waals surface area contributed by atoms with Gasteiger partial charge in [0.1, 0.15) is 0 Å². The molecule has 0 aliphatic rings. The molecule has 0 bridgehead atoms. The summed E-state index contributed by atoms with van der Waals surface area (Å²) in [6.45, 7) is 2.17. The summed E-state index contributed by atoms with van der Waals surface area (Å²) in [5.74, 6) is 0. The number of para-hydroxylation sites is 2. The second kappa shape index (κ2) is 10.9. The highest BCUT2D eigenvalue weighted by Crippen LogP contribution is 2.34. The first-order valence-electron chi connectivity index (χ1n) is 11.8. The Hall–Kier alpha value is -4.14. The minimum absolute atomic E-state index is 1.13. The molecule has 0 saturated heterocycles. The number of benzene rings is 4. The minimum atomic E-state index is 1.13. The van der Waals surface area contributed by atoms with Crippen LogP contribution in [-0.2, 0) is 0 Å². The standard InChI is InChI=1S/C33H27NS/c1-26-23-28(17-19-30(26)20-18-29-21-22-35-25-29)16-15-27-9-8-14-33(24-27)34(31-10-4-2-5-11-31)32-12-6-3-7-13-32/h2-25H,1H3/b16-15+,20-18+. The van der Waals surface area contributed by atoms with Crippen LogP contribution in [0.4, 0.5) is 17.1 Å². The number of hydrogen-bond donors (Lipinski definition) is 0. The molecular formula is C33H27NS. The lowest BCUT2D eigenvalue weighted by molar-refractivity contribution is 1.28. The lowest BCUT2D eigenvalue weighted by Gasteiger charge is -2.25. The van der Waals surface area contributed by atoms with E-state index in [4.69, 9.17) is 0 Å². The summed E-state index contributed by atoms with van der Waals surface area (Å²) < 4.78 is 0. The van der Waals surface area contributed by atoms with Crippen molar-refractivity contribution < 1.29 is 0 Å². The van der Waals surface area contributed by atoms with Crippen LogP contribution >= 0.6 is 11.3 Å². The summed E-state index contributed by atoms with van der Waals surface area (Å²) in [6, 6.07) is 38.4. The SMILES string of the molecule is Cc1cc(/C=C/c2cccc(N(c3ccccc3)c3ccccc3)c2)ccc1/C=C/c1ccsc1. The van der Waals surface area contributed by atoms with Gasteiger partial charge in [0.25, 0.3) is 0 Å². The number of anilines is 3. The van der Waals surface area contributed by atoms with Gasteiger partial charge < -0.3 is 4.90 Å². The van der Waals surface area contributed by atoms with Crippen molar-refractivity contribution in [2.75, 3.05) is 4.90 Å². The molecule has 0 atom stereocenters. The highest BCUT2D eigenvalue weighted by molar-refractivity contribution is 7.08. The molecule has 170 valence electrons. The minimum Gasteiger partial charge on any atom is -0.310 e. The fraction of sp³-hybridized carbons (Fsp3) is 0.0303. The first kappa shape index (κ1) is 22.6. The molecule has 0 radical (unpaired) electrons. The van der Waals surface area contributed by atoms with Crippen LogP contribution in [0.5, 0.6) is 0 Å². The first-order chi connectivity index (χ1) is 17.3. The van der Waals surface area contributed by atoms with E-state index in [1.54, 1.807) is 11.3 Å². The highest BCUT2D eigenvalue weighted by atomic mass is 32.1. The Kier molecular flexibility index (Phi) is 7.02. The Morgan fingerprint density at radius 1 is 0.543 bits per heavy atom. The van der Waals surface area contributed by atoms with Crippen molar-refractivity contribution in [1.29, 1.82) is 0 Å². The summed E-state index contributed by atoms with van der Waals surface area (Å²) in [7, 11) is 0. The van der Waals surface area contributed by atoms with Crippen LogP contribution in [0.1, 0.15) is 27.8 Å². The maximum Gasteiger partial charge on any atom is 0.0467 e. The van der Waals surface area contributed by atoms with E-state index in [0.29, 0.717) is 0 Å². The first-order valence-corrected chi connectivity index (χ1v) is 12.7. The van der Waals surface area contributed by atoms with E-state index in [0.717, 1.165) is 17.1 Å². The number of nitrogens with zero attached hydrogens (tertiary/aromatic N) is 1. The van der Waals surface area contributed by atoms with Gasteiger partial charge in [-0.2, -0.15) is 11.3 Å². The number of thiophene rings is 1. The molecule has 1 nitrogen and oxygen atoms in total. The van der Waals surface area contributed by atoms with E-state index in [2.05, 4.69) is 156 Å². The van der Waals surface area contributed by atoms with Crippen LogP contribution in [0.25, 0.3) is 24.3 Å². The Bertz CT molecular complexity index is 1390. The third-order valence-electron chi connectivity index (χ3n) is 5.92. The Labute approximate surface area is 212 Å². The molecule has 35 heavy (non-hydrogen) atoms. The van der Waals surface area contributed by atoms with Crippen molar-refractivity contribution in [2.45, 2.75) is 6.92 Å². The van der Waals surface area contributed by atoms with Gasteiger partial charge in [-0.3, -0.25) is 0 Å². The summed E-state index contributed by atoms with van der Waals surface area (Å²) in [4.78, 5) is 2.29. The molecule has 0 amide bonds. The van der Waals surface area contributed by atoms with E-state index in [-0.39, 0.29) is 0 Å². The molecular weight excluding hydrogens is 442 g/mol. The predicted molar refractivity (Wildman–Crippen MR) is 154 cm³/mol. The molecule has 0 spiro atoms. The quantitative estimate of drug-likeness (QED) is 0.214. The molecule has 0 saturated carbocycles. The predicted octanol–water partition coefficient (Wildman–Crippen LogP) is 9.87. The molecule has 0 fully saturated rings. The zero-order valence-electron chi connectivity index (χ0n) is 19.7. The maximum absolute atomic E-state index is 2.29. The van der Waals surface area contributed by atoms with E-state index in [1.807, 2.05) is 0 Å². The van der Waals surface area contributed by atoms with Crippen LogP contribution in [-0.4, -0.2) is 0 Å². The molecule has 0 aliphatic carbocycles. The molecule has 5 rings (SSSR count). The van der Waals surface area contributed by atoms with Crippen molar-refractivity contribution in [3.63, 3.8) is 0 Å². The smallest absolute Gasteiger partial charge is 0.0467 e. The lowest BCUT2D eigenvalue weighted by Crippen LogP contribution is -2.09. The van der Waals surface area contributed by atoms with Crippen LogP contribution < -0.4 is 4.90 Å². The van der Waals surface area contributed by atoms with Gasteiger partial charge in [-0.1, -0.05) is 91.0 Å². The number of hydrogen-bond acceptors (Lipinski definition) is 2. The van der Waals surface area contributed by atoms with E-state index < -0.39 is 0 Å². The van der Waals surface area contributed by atoms with Crippen molar-refractivity contribution in [2.24, 2.45) is 0 Å². The average Bonchev–Trinajstić information content (AvgIpc) is 3.42. The fourth-order valence-corrected chi connectivity index (χ4v) is 4.74. The van der Waals surface area contributed by atoms with E-state index in [9.17, 15) is 0 Å². The van der Waals surface area contributed by atoms with Crippen molar-refractivity contribution in [3.05, 3.63) is 148 Å². The van der Waals surface area contributed by atoms with Gasteiger partial charge >= 0.3 is 0 Å². The molecule has 1 heterocycles. The Morgan fingerprint density at radius 2 is 1.17 bits per heavy atom. The summed E-state index contributed by atoms with van der Waals surface area (Å²) in [5.41, 5.74) is 9.54. The van der Waals surface area contributed by atoms with Gasteiger partial charge in [0.05, 0.1) is 0 Å². The zero-order valence-corrected chi connectivity index (χ0v) is 20.5. The number of aryl methyl sites for hydroxylation is 1. The molecule has 2 heteroatoms. The van der Waals surface area contributed by atoms with Crippen molar-refractivity contribution in [3.8, 4) is 0 Å². The monoisotopic (exact) mass is 469 g/mol. The molecule has 0 unspecified atom stereocenters. The average molecular weight is 470 g/mol. The third kappa shape index (κ3) is 5.68. The molecule has 0 aliphatic heterocycles. The van der Waals surface area contributed by atoms with Crippen LogP contribution in [0.3, 0.4) is 0 Å². The van der Waals surface area contributed by atoms with Crippen molar-refractivity contribution in [1.82, 2.24) is 0 Å². The fourth-order valence-electron chi connectivity index (χ4n) is 4.11. The number of rotatable bonds is 7. The molecule has 0 N–H and O–H groups in total. The normalized spacial score (nSPS) is 11.3. The van der Waals surface area contributed by atoms with Gasteiger partial charge in [0.2, 0.25) is 0 Å². The van der Waals surface area contributed by atoms with Crippen molar-refractivity contribution >= 4 is 52.7 Å². The molecule has 1 aromatic heterocycles. The van der Waals surface area contributed by atoms with Gasteiger partial charge in [-0.25, -0.2) is 0 Å². The Morgan fingerprint density at radius 3 is 1.80 bits per heavy atom. The van der Waals surface area contributed by atoms with Crippen LogP contribution in [0, 0.1) is 6.92 Å². The summed E-state index contributed by atoms with van der Waals surface area (Å²) in [5, 5.41) is 4.27. The molecule has 5 aromatic rings. The van der Waals surface area contributed by atoms with Gasteiger partial charge in [-0.05, 0) is 88.0 Å². The second-order valence-corrected chi connectivity index (χ2v) is 9.22. The topological polar surface area (TPSA) is 3.24 Å². The van der Waals surface area contributed by atoms with E-state index >= 15 is 0 Å². The summed E-state index contributed by atoms with van der Waals surface area (Å²) in [6.07, 6.45) is 8.74. The highest BCUT2D eigenvalue weighted by Gasteiger charge is 2.11. The lowest BCUT2D eigenvalue weighted by atomic mass is 10.0. The molecule has 4 aromatic carbocycles. The van der Waals surface area contributed by atoms with E-state index in [1.165, 1.54) is 27.8 Å². The zero-order chi connectivity index (χ0) is 23.9. The Balaban J connectivity index is 1.40. The van der Waals surface area contributed by atoms with Gasteiger partial charge in [0.15, 0.2) is 0 Å². The van der Waals surface area contributed by atoms with Gasteiger partial charge in [0, 0.05) is 17.1 Å². The second-order valence-electron chi connectivity index (χ2n) is 8.44. The largest absolute Gasteiger partial charge is 0.310 e.